The van der Waals surface area contributed by atoms with Gasteiger partial charge in [0.2, 0.25) is 5.91 Å². The van der Waals surface area contributed by atoms with Crippen molar-refractivity contribution in [2.45, 2.75) is 12.3 Å². The van der Waals surface area contributed by atoms with E-state index in [1.165, 1.54) is 5.56 Å². The number of H-pyrrole nitrogens is 1. The molecule has 104 valence electrons. The topological polar surface area (TPSA) is 57.8 Å². The number of hydrogen-bond donors (Lipinski definition) is 2. The van der Waals surface area contributed by atoms with E-state index in [-0.39, 0.29) is 11.8 Å². The standard InChI is InChI=1S/C17H15N3O/c21-17(14-9-13(14)11-5-2-1-3-6-11)19-15-8-4-7-12-10-18-20-16(12)15/h1-8,10,13-14H,9H2,(H,18,20)(H,19,21). The van der Waals surface area contributed by atoms with Crippen LogP contribution in [-0.2, 0) is 4.79 Å². The van der Waals surface area contributed by atoms with E-state index < -0.39 is 0 Å². The van der Waals surface area contributed by atoms with Gasteiger partial charge in [0, 0.05) is 11.3 Å². The second-order valence-corrected chi connectivity index (χ2v) is 5.49. The molecule has 3 aromatic rings. The third kappa shape index (κ3) is 2.18. The number of carbonyl (C=O) groups is 1. The number of benzene rings is 2. The normalized spacial score (nSPS) is 20.4. The second kappa shape index (κ2) is 4.74. The third-order valence-electron chi connectivity index (χ3n) is 4.09. The maximum Gasteiger partial charge on any atom is 0.228 e. The average molecular weight is 277 g/mol. The van der Waals surface area contributed by atoms with Crippen LogP contribution in [0.2, 0.25) is 0 Å². The summed E-state index contributed by atoms with van der Waals surface area (Å²) in [6.07, 6.45) is 2.68. The number of carbonyl (C=O) groups excluding carboxylic acids is 1. The second-order valence-electron chi connectivity index (χ2n) is 5.49. The molecule has 2 atom stereocenters. The van der Waals surface area contributed by atoms with E-state index in [4.69, 9.17) is 0 Å². The Bertz CT molecular complexity index is 794. The molecule has 0 spiro atoms. The number of nitrogens with zero attached hydrogens (tertiary/aromatic N) is 1. The van der Waals surface area contributed by atoms with Gasteiger partial charge in [0.1, 0.15) is 0 Å². The Balaban J connectivity index is 1.51. The zero-order valence-electron chi connectivity index (χ0n) is 11.4. The number of aromatic nitrogens is 2. The molecule has 0 radical (unpaired) electrons. The van der Waals surface area contributed by atoms with Crippen molar-refractivity contribution in [3.8, 4) is 0 Å². The van der Waals surface area contributed by atoms with Crippen molar-refractivity contribution in [2.24, 2.45) is 5.92 Å². The summed E-state index contributed by atoms with van der Waals surface area (Å²) in [5, 5.41) is 11.0. The molecule has 2 aromatic carbocycles. The van der Waals surface area contributed by atoms with Gasteiger partial charge in [0.15, 0.2) is 0 Å². The highest BCUT2D eigenvalue weighted by Gasteiger charge is 2.43. The first-order valence-corrected chi connectivity index (χ1v) is 7.11. The lowest BCUT2D eigenvalue weighted by molar-refractivity contribution is -0.117. The van der Waals surface area contributed by atoms with Crippen molar-refractivity contribution in [2.75, 3.05) is 5.32 Å². The number of amides is 1. The SMILES string of the molecule is O=C(Nc1cccc2cn[nH]c12)C1CC1c1ccccc1. The molecular weight excluding hydrogens is 262 g/mol. The van der Waals surface area contributed by atoms with Crippen molar-refractivity contribution in [3.05, 3.63) is 60.3 Å². The molecule has 2 N–H and O–H groups in total. The minimum atomic E-state index is 0.0746. The minimum absolute atomic E-state index is 0.0746. The molecule has 1 saturated carbocycles. The summed E-state index contributed by atoms with van der Waals surface area (Å²) in [6, 6.07) is 16.0. The molecule has 1 aromatic heterocycles. The molecule has 1 fully saturated rings. The van der Waals surface area contributed by atoms with Gasteiger partial charge in [-0.15, -0.1) is 0 Å². The van der Waals surface area contributed by atoms with Gasteiger partial charge in [0.05, 0.1) is 17.4 Å². The first kappa shape index (κ1) is 12.1. The molecule has 0 saturated heterocycles. The van der Waals surface area contributed by atoms with Gasteiger partial charge in [0.25, 0.3) is 0 Å². The maximum atomic E-state index is 12.4. The van der Waals surface area contributed by atoms with Crippen LogP contribution in [0.25, 0.3) is 10.9 Å². The number of anilines is 1. The maximum absolute atomic E-state index is 12.4. The Kier molecular flexibility index (Phi) is 2.74. The Morgan fingerprint density at radius 3 is 2.86 bits per heavy atom. The zero-order valence-corrected chi connectivity index (χ0v) is 11.4. The van der Waals surface area contributed by atoms with Crippen molar-refractivity contribution >= 4 is 22.5 Å². The summed E-state index contributed by atoms with van der Waals surface area (Å²) in [4.78, 5) is 12.4. The fourth-order valence-electron chi connectivity index (χ4n) is 2.85. The molecule has 1 heterocycles. The smallest absolute Gasteiger partial charge is 0.228 e. The first-order valence-electron chi connectivity index (χ1n) is 7.11. The van der Waals surface area contributed by atoms with Crippen LogP contribution in [0.3, 0.4) is 0 Å². The van der Waals surface area contributed by atoms with Crippen LogP contribution in [0.5, 0.6) is 0 Å². The van der Waals surface area contributed by atoms with Crippen LogP contribution in [0.15, 0.2) is 54.7 Å². The zero-order chi connectivity index (χ0) is 14.2. The molecule has 21 heavy (non-hydrogen) atoms. The van der Waals surface area contributed by atoms with Crippen LogP contribution in [0.4, 0.5) is 5.69 Å². The molecule has 1 aliphatic carbocycles. The molecule has 0 aliphatic heterocycles. The quantitative estimate of drug-likeness (QED) is 0.771. The van der Waals surface area contributed by atoms with E-state index in [0.29, 0.717) is 5.92 Å². The highest BCUT2D eigenvalue weighted by molar-refractivity contribution is 6.02. The van der Waals surface area contributed by atoms with Crippen LogP contribution >= 0.6 is 0 Å². The molecule has 1 aliphatic rings. The van der Waals surface area contributed by atoms with Crippen LogP contribution in [0, 0.1) is 5.92 Å². The van der Waals surface area contributed by atoms with Gasteiger partial charge in [-0.25, -0.2) is 0 Å². The van der Waals surface area contributed by atoms with Gasteiger partial charge < -0.3 is 5.32 Å². The van der Waals surface area contributed by atoms with E-state index in [1.54, 1.807) is 6.20 Å². The van der Waals surface area contributed by atoms with Gasteiger partial charge in [-0.05, 0) is 24.0 Å². The summed E-state index contributed by atoms with van der Waals surface area (Å²) in [6.45, 7) is 0. The number of nitrogens with one attached hydrogen (secondary N) is 2. The summed E-state index contributed by atoms with van der Waals surface area (Å²) in [5.74, 6) is 0.517. The molecule has 1 amide bonds. The van der Waals surface area contributed by atoms with Crippen LogP contribution in [0.1, 0.15) is 17.9 Å². The van der Waals surface area contributed by atoms with E-state index in [1.807, 2.05) is 36.4 Å². The molecule has 4 rings (SSSR count). The fraction of sp³-hybridized carbons (Fsp3) is 0.176. The molecule has 2 unspecified atom stereocenters. The van der Waals surface area contributed by atoms with Crippen molar-refractivity contribution in [1.29, 1.82) is 0 Å². The van der Waals surface area contributed by atoms with E-state index in [2.05, 4.69) is 27.6 Å². The third-order valence-corrected chi connectivity index (χ3v) is 4.09. The van der Waals surface area contributed by atoms with E-state index in [0.717, 1.165) is 23.0 Å². The number of hydrogen-bond acceptors (Lipinski definition) is 2. The van der Waals surface area contributed by atoms with Gasteiger partial charge in [-0.2, -0.15) is 5.10 Å². The van der Waals surface area contributed by atoms with Crippen molar-refractivity contribution in [3.63, 3.8) is 0 Å². The van der Waals surface area contributed by atoms with Gasteiger partial charge in [-0.1, -0.05) is 42.5 Å². The Morgan fingerprint density at radius 2 is 2.00 bits per heavy atom. The van der Waals surface area contributed by atoms with Crippen LogP contribution < -0.4 is 5.32 Å². The van der Waals surface area contributed by atoms with E-state index >= 15 is 0 Å². The summed E-state index contributed by atoms with van der Waals surface area (Å²) < 4.78 is 0. The van der Waals surface area contributed by atoms with Crippen LogP contribution in [-0.4, -0.2) is 16.1 Å². The monoisotopic (exact) mass is 277 g/mol. The first-order chi connectivity index (χ1) is 10.3. The highest BCUT2D eigenvalue weighted by Crippen LogP contribution is 2.48. The average Bonchev–Trinajstić information content (AvgIpc) is 3.18. The lowest BCUT2D eigenvalue weighted by Gasteiger charge is -2.06. The van der Waals surface area contributed by atoms with E-state index in [9.17, 15) is 4.79 Å². The highest BCUT2D eigenvalue weighted by atomic mass is 16.2. The molecule has 4 heteroatoms. The predicted octanol–water partition coefficient (Wildman–Crippen LogP) is 3.31. The predicted molar refractivity (Wildman–Crippen MR) is 82.0 cm³/mol. The van der Waals surface area contributed by atoms with Gasteiger partial charge >= 0.3 is 0 Å². The summed E-state index contributed by atoms with van der Waals surface area (Å²) in [7, 11) is 0. The lowest BCUT2D eigenvalue weighted by Crippen LogP contribution is -2.14. The minimum Gasteiger partial charge on any atom is -0.324 e. The summed E-state index contributed by atoms with van der Waals surface area (Å²) >= 11 is 0. The fourth-order valence-corrected chi connectivity index (χ4v) is 2.85. The lowest BCUT2D eigenvalue weighted by atomic mass is 10.1. The number of para-hydroxylation sites is 1. The molecule has 0 bridgehead atoms. The van der Waals surface area contributed by atoms with Crippen molar-refractivity contribution < 1.29 is 4.79 Å². The molecular formula is C17H15N3O. The number of rotatable bonds is 3. The number of aromatic amines is 1. The summed E-state index contributed by atoms with van der Waals surface area (Å²) in [5.41, 5.74) is 2.92. The Morgan fingerprint density at radius 1 is 1.14 bits per heavy atom. The largest absolute Gasteiger partial charge is 0.324 e. The van der Waals surface area contributed by atoms with Crippen molar-refractivity contribution in [1.82, 2.24) is 10.2 Å². The number of fused-ring (bicyclic) bond motifs is 1. The van der Waals surface area contributed by atoms with Gasteiger partial charge in [-0.3, -0.25) is 9.89 Å². The molecule has 4 nitrogen and oxygen atoms in total. The Hall–Kier alpha value is -2.62. The Labute approximate surface area is 122 Å².